The molecule has 0 saturated carbocycles. The minimum Gasteiger partial charge on any atom is -0.493 e. The number of nitrogens with one attached hydrogen (secondary N) is 1. The van der Waals surface area contributed by atoms with E-state index in [4.69, 9.17) is 4.74 Å². The van der Waals surface area contributed by atoms with E-state index in [2.05, 4.69) is 40.3 Å². The van der Waals surface area contributed by atoms with Crippen LogP contribution in [0.3, 0.4) is 0 Å². The van der Waals surface area contributed by atoms with Gasteiger partial charge in [-0.15, -0.1) is 0 Å². The van der Waals surface area contributed by atoms with Gasteiger partial charge in [-0.1, -0.05) is 32.0 Å². The highest BCUT2D eigenvalue weighted by Gasteiger charge is 2.20. The molecule has 7 nitrogen and oxygen atoms in total. The van der Waals surface area contributed by atoms with Crippen molar-refractivity contribution in [1.82, 2.24) is 24.9 Å². The van der Waals surface area contributed by atoms with Crippen LogP contribution in [0.1, 0.15) is 47.9 Å². The SMILES string of the molecule is CC(C)c1cc(C(=O)NC[C@H]2CCOc3ccccc3C2)nc2ncnn12. The number of rotatable bonds is 4. The van der Waals surface area contributed by atoms with E-state index in [1.54, 1.807) is 10.6 Å². The Labute approximate surface area is 157 Å². The Kier molecular flexibility index (Phi) is 4.75. The molecule has 1 amide bonds. The number of carbonyl (C=O) groups is 1. The molecular weight excluding hydrogens is 342 g/mol. The second kappa shape index (κ2) is 7.34. The van der Waals surface area contributed by atoms with E-state index in [1.165, 1.54) is 11.9 Å². The Balaban J connectivity index is 1.47. The van der Waals surface area contributed by atoms with Crippen LogP contribution in [-0.4, -0.2) is 38.6 Å². The van der Waals surface area contributed by atoms with E-state index in [1.807, 2.05) is 18.2 Å². The van der Waals surface area contributed by atoms with E-state index < -0.39 is 0 Å². The number of para-hydroxylation sites is 1. The van der Waals surface area contributed by atoms with Crippen LogP contribution in [0.4, 0.5) is 0 Å². The zero-order valence-corrected chi connectivity index (χ0v) is 15.6. The molecule has 0 bridgehead atoms. The lowest BCUT2D eigenvalue weighted by atomic mass is 9.97. The molecule has 3 heterocycles. The first kappa shape index (κ1) is 17.5. The fraction of sp³-hybridized carbons (Fsp3) is 0.400. The Hall–Kier alpha value is -2.96. The van der Waals surface area contributed by atoms with Crippen molar-refractivity contribution in [2.45, 2.75) is 32.6 Å². The van der Waals surface area contributed by atoms with Crippen LogP contribution in [0.2, 0.25) is 0 Å². The molecule has 0 radical (unpaired) electrons. The number of ether oxygens (including phenoxy) is 1. The normalized spacial score (nSPS) is 16.6. The predicted molar refractivity (Wildman–Crippen MR) is 101 cm³/mol. The maximum Gasteiger partial charge on any atom is 0.270 e. The lowest BCUT2D eigenvalue weighted by Gasteiger charge is -2.15. The van der Waals surface area contributed by atoms with Gasteiger partial charge in [-0.3, -0.25) is 4.79 Å². The van der Waals surface area contributed by atoms with Crippen LogP contribution in [0.15, 0.2) is 36.7 Å². The number of amides is 1. The second-order valence-corrected chi connectivity index (χ2v) is 7.22. The lowest BCUT2D eigenvalue weighted by Crippen LogP contribution is -2.31. The van der Waals surface area contributed by atoms with Crippen LogP contribution in [0, 0.1) is 5.92 Å². The molecule has 1 aromatic carbocycles. The molecule has 1 atom stereocenters. The van der Waals surface area contributed by atoms with E-state index in [-0.39, 0.29) is 11.8 Å². The molecule has 0 aliphatic carbocycles. The molecule has 1 aliphatic heterocycles. The molecule has 0 fully saturated rings. The third-order valence-electron chi connectivity index (χ3n) is 4.92. The zero-order valence-electron chi connectivity index (χ0n) is 15.6. The standard InChI is InChI=1S/C20H23N5O2/c1-13(2)17-10-16(24-20-22-12-23-25(17)20)19(26)21-11-14-7-8-27-18-6-4-3-5-15(18)9-14/h3-6,10,12-14H,7-9,11H2,1-2H3,(H,21,26)/t14-/m0/s1. The average Bonchev–Trinajstić information content (AvgIpc) is 3.04. The number of hydrogen-bond acceptors (Lipinski definition) is 5. The molecular formula is C20H23N5O2. The van der Waals surface area contributed by atoms with Crippen molar-refractivity contribution in [2.24, 2.45) is 5.92 Å². The van der Waals surface area contributed by atoms with Crippen LogP contribution in [0.25, 0.3) is 5.78 Å². The predicted octanol–water partition coefficient (Wildman–Crippen LogP) is 2.62. The van der Waals surface area contributed by atoms with Gasteiger partial charge in [0.1, 0.15) is 17.8 Å². The number of fused-ring (bicyclic) bond motifs is 2. The van der Waals surface area contributed by atoms with Gasteiger partial charge in [0.2, 0.25) is 0 Å². The topological polar surface area (TPSA) is 81.4 Å². The molecule has 2 aromatic heterocycles. The Morgan fingerprint density at radius 2 is 2.22 bits per heavy atom. The highest BCUT2D eigenvalue weighted by atomic mass is 16.5. The van der Waals surface area contributed by atoms with Gasteiger partial charge in [0.25, 0.3) is 11.7 Å². The molecule has 0 saturated heterocycles. The summed E-state index contributed by atoms with van der Waals surface area (Å²) >= 11 is 0. The molecule has 140 valence electrons. The van der Waals surface area contributed by atoms with E-state index in [0.29, 0.717) is 30.5 Å². The van der Waals surface area contributed by atoms with Gasteiger partial charge in [-0.25, -0.2) is 9.50 Å². The smallest absolute Gasteiger partial charge is 0.270 e. The summed E-state index contributed by atoms with van der Waals surface area (Å²) in [5, 5.41) is 7.22. The number of nitrogens with zero attached hydrogens (tertiary/aromatic N) is 4. The summed E-state index contributed by atoms with van der Waals surface area (Å²) in [5.41, 5.74) is 2.49. The Morgan fingerprint density at radius 3 is 3.07 bits per heavy atom. The summed E-state index contributed by atoms with van der Waals surface area (Å²) < 4.78 is 7.49. The highest BCUT2D eigenvalue weighted by molar-refractivity contribution is 5.92. The largest absolute Gasteiger partial charge is 0.493 e. The summed E-state index contributed by atoms with van der Waals surface area (Å²) in [4.78, 5) is 21.2. The van der Waals surface area contributed by atoms with Gasteiger partial charge >= 0.3 is 0 Å². The van der Waals surface area contributed by atoms with Gasteiger partial charge in [0.15, 0.2) is 0 Å². The fourth-order valence-electron chi connectivity index (χ4n) is 3.43. The third-order valence-corrected chi connectivity index (χ3v) is 4.92. The first-order valence-corrected chi connectivity index (χ1v) is 9.31. The molecule has 1 N–H and O–H groups in total. The van der Waals surface area contributed by atoms with E-state index >= 15 is 0 Å². The fourth-order valence-corrected chi connectivity index (χ4v) is 3.43. The second-order valence-electron chi connectivity index (χ2n) is 7.22. The van der Waals surface area contributed by atoms with Gasteiger partial charge in [-0.2, -0.15) is 10.1 Å². The van der Waals surface area contributed by atoms with Gasteiger partial charge in [-0.05, 0) is 42.4 Å². The Morgan fingerprint density at radius 1 is 1.37 bits per heavy atom. The molecule has 1 aliphatic rings. The minimum atomic E-state index is -0.180. The molecule has 27 heavy (non-hydrogen) atoms. The van der Waals surface area contributed by atoms with Gasteiger partial charge < -0.3 is 10.1 Å². The van der Waals surface area contributed by atoms with E-state index in [9.17, 15) is 4.79 Å². The van der Waals surface area contributed by atoms with Gasteiger partial charge in [0.05, 0.1) is 12.3 Å². The molecule has 0 unspecified atom stereocenters. The summed E-state index contributed by atoms with van der Waals surface area (Å²) in [7, 11) is 0. The van der Waals surface area contributed by atoms with Crippen molar-refractivity contribution in [1.29, 1.82) is 0 Å². The highest BCUT2D eigenvalue weighted by Crippen LogP contribution is 2.26. The molecule has 4 rings (SSSR count). The minimum absolute atomic E-state index is 0.180. The number of benzene rings is 1. The quantitative estimate of drug-likeness (QED) is 0.769. The van der Waals surface area contributed by atoms with Crippen molar-refractivity contribution in [2.75, 3.05) is 13.2 Å². The number of carbonyl (C=O) groups excluding carboxylic acids is 1. The van der Waals surface area contributed by atoms with Crippen molar-refractivity contribution < 1.29 is 9.53 Å². The first-order chi connectivity index (χ1) is 13.1. The van der Waals surface area contributed by atoms with Crippen LogP contribution < -0.4 is 10.1 Å². The Bertz CT molecular complexity index is 966. The summed E-state index contributed by atoms with van der Waals surface area (Å²) in [6.45, 7) is 5.37. The first-order valence-electron chi connectivity index (χ1n) is 9.31. The average molecular weight is 365 g/mol. The zero-order chi connectivity index (χ0) is 18.8. The number of hydrogen-bond donors (Lipinski definition) is 1. The van der Waals surface area contributed by atoms with Crippen molar-refractivity contribution >= 4 is 11.7 Å². The lowest BCUT2D eigenvalue weighted by molar-refractivity contribution is 0.0940. The van der Waals surface area contributed by atoms with Crippen LogP contribution in [-0.2, 0) is 6.42 Å². The maximum atomic E-state index is 12.7. The monoisotopic (exact) mass is 365 g/mol. The maximum absolute atomic E-state index is 12.7. The van der Waals surface area contributed by atoms with Crippen LogP contribution >= 0.6 is 0 Å². The van der Waals surface area contributed by atoms with E-state index in [0.717, 1.165) is 24.3 Å². The summed E-state index contributed by atoms with van der Waals surface area (Å²) in [5.74, 6) is 1.76. The number of aromatic nitrogens is 4. The molecule has 7 heteroatoms. The molecule has 0 spiro atoms. The van der Waals surface area contributed by atoms with Crippen molar-refractivity contribution in [3.8, 4) is 5.75 Å². The summed E-state index contributed by atoms with van der Waals surface area (Å²) in [6.07, 6.45) is 3.26. The van der Waals surface area contributed by atoms with Crippen molar-refractivity contribution in [3.63, 3.8) is 0 Å². The third kappa shape index (κ3) is 3.63. The molecule has 3 aromatic rings. The summed E-state index contributed by atoms with van der Waals surface area (Å²) in [6, 6.07) is 9.90. The van der Waals surface area contributed by atoms with Gasteiger partial charge in [0, 0.05) is 6.54 Å². The van der Waals surface area contributed by atoms with Crippen molar-refractivity contribution in [3.05, 3.63) is 53.6 Å². The van der Waals surface area contributed by atoms with Crippen LogP contribution in [0.5, 0.6) is 5.75 Å².